The van der Waals surface area contributed by atoms with Gasteiger partial charge in [0, 0.05) is 25.3 Å². The van der Waals surface area contributed by atoms with Gasteiger partial charge in [-0.1, -0.05) is 13.8 Å². The normalized spacial score (nSPS) is 17.2. The smallest absolute Gasteiger partial charge is 0.321 e. The highest BCUT2D eigenvalue weighted by atomic mass is 16.2. The van der Waals surface area contributed by atoms with E-state index in [4.69, 9.17) is 0 Å². The predicted octanol–water partition coefficient (Wildman–Crippen LogP) is 2.57. The van der Waals surface area contributed by atoms with Gasteiger partial charge in [-0.3, -0.25) is 14.5 Å². The van der Waals surface area contributed by atoms with Crippen LogP contribution in [0.3, 0.4) is 0 Å². The summed E-state index contributed by atoms with van der Waals surface area (Å²) in [6, 6.07) is 4.74. The fourth-order valence-electron chi connectivity index (χ4n) is 3.02. The summed E-state index contributed by atoms with van der Waals surface area (Å²) in [5, 5.41) is 2.81. The molecule has 6 nitrogen and oxygen atoms in total. The van der Waals surface area contributed by atoms with Gasteiger partial charge in [0.1, 0.15) is 0 Å². The molecule has 1 aromatic carbocycles. The van der Waals surface area contributed by atoms with Gasteiger partial charge in [0.15, 0.2) is 0 Å². The molecule has 23 heavy (non-hydrogen) atoms. The molecule has 0 radical (unpaired) electrons. The fourth-order valence-corrected chi connectivity index (χ4v) is 3.02. The third-order valence-electron chi connectivity index (χ3n) is 4.16. The molecule has 0 aromatic heterocycles. The molecule has 0 unspecified atom stereocenters. The van der Waals surface area contributed by atoms with Crippen LogP contribution in [0.4, 0.5) is 10.5 Å². The Kier molecular flexibility index (Phi) is 4.07. The number of hydrogen-bond donors (Lipinski definition) is 1. The molecule has 1 aromatic rings. The molecule has 4 amide bonds. The van der Waals surface area contributed by atoms with Crippen molar-refractivity contribution < 1.29 is 14.4 Å². The van der Waals surface area contributed by atoms with Crippen LogP contribution in [0.1, 0.15) is 47.4 Å². The maximum absolute atomic E-state index is 12.4. The first-order chi connectivity index (χ1) is 11.0. The van der Waals surface area contributed by atoms with Gasteiger partial charge in [-0.05, 0) is 37.0 Å². The monoisotopic (exact) mass is 315 g/mol. The number of nitrogens with zero attached hydrogens (tertiary/aromatic N) is 2. The first-order valence-electron chi connectivity index (χ1n) is 8.03. The van der Waals surface area contributed by atoms with Gasteiger partial charge in [-0.25, -0.2) is 4.79 Å². The SMILES string of the molecule is CC(C)CN1C(=O)c2ccc(NC(=O)N3CCCC3)cc2C1=O. The van der Waals surface area contributed by atoms with E-state index in [1.807, 2.05) is 13.8 Å². The number of benzene rings is 1. The van der Waals surface area contributed by atoms with E-state index in [-0.39, 0.29) is 23.8 Å². The Hall–Kier alpha value is -2.37. The van der Waals surface area contributed by atoms with Gasteiger partial charge in [0.05, 0.1) is 11.1 Å². The Morgan fingerprint density at radius 1 is 1.13 bits per heavy atom. The highest BCUT2D eigenvalue weighted by Gasteiger charge is 2.35. The second-order valence-corrected chi connectivity index (χ2v) is 6.50. The number of urea groups is 1. The van der Waals surface area contributed by atoms with Gasteiger partial charge in [-0.15, -0.1) is 0 Å². The Balaban J connectivity index is 1.78. The average Bonchev–Trinajstić information content (AvgIpc) is 3.11. The van der Waals surface area contributed by atoms with Gasteiger partial charge in [0.2, 0.25) is 0 Å². The van der Waals surface area contributed by atoms with Crippen molar-refractivity contribution in [1.29, 1.82) is 0 Å². The van der Waals surface area contributed by atoms with Crippen LogP contribution >= 0.6 is 0 Å². The second kappa shape index (κ2) is 6.02. The molecule has 0 spiro atoms. The van der Waals surface area contributed by atoms with Gasteiger partial charge >= 0.3 is 6.03 Å². The molecule has 0 bridgehead atoms. The molecule has 1 saturated heterocycles. The van der Waals surface area contributed by atoms with Crippen molar-refractivity contribution in [2.75, 3.05) is 25.0 Å². The topological polar surface area (TPSA) is 69.7 Å². The number of nitrogens with one attached hydrogen (secondary N) is 1. The summed E-state index contributed by atoms with van der Waals surface area (Å²) in [7, 11) is 0. The molecular formula is C17H21N3O3. The molecule has 2 aliphatic heterocycles. The number of carbonyl (C=O) groups excluding carboxylic acids is 3. The summed E-state index contributed by atoms with van der Waals surface area (Å²) in [5.74, 6) is -0.321. The van der Waals surface area contributed by atoms with Crippen molar-refractivity contribution in [3.05, 3.63) is 29.3 Å². The van der Waals surface area contributed by atoms with Crippen LogP contribution in [0.5, 0.6) is 0 Å². The zero-order valence-corrected chi connectivity index (χ0v) is 13.5. The largest absolute Gasteiger partial charge is 0.325 e. The molecule has 1 fully saturated rings. The quantitative estimate of drug-likeness (QED) is 0.872. The lowest BCUT2D eigenvalue weighted by atomic mass is 10.1. The van der Waals surface area contributed by atoms with E-state index in [1.165, 1.54) is 4.90 Å². The van der Waals surface area contributed by atoms with Crippen molar-refractivity contribution in [2.24, 2.45) is 5.92 Å². The Morgan fingerprint density at radius 3 is 2.43 bits per heavy atom. The van der Waals surface area contributed by atoms with Crippen molar-refractivity contribution in [1.82, 2.24) is 9.80 Å². The lowest BCUT2D eigenvalue weighted by Crippen LogP contribution is -2.33. The summed E-state index contributed by atoms with van der Waals surface area (Å²) >= 11 is 0. The Bertz CT molecular complexity index is 663. The predicted molar refractivity (Wildman–Crippen MR) is 86.5 cm³/mol. The highest BCUT2D eigenvalue weighted by Crippen LogP contribution is 2.26. The van der Waals surface area contributed by atoms with E-state index in [0.29, 0.717) is 23.4 Å². The first kappa shape index (κ1) is 15.5. The number of anilines is 1. The van der Waals surface area contributed by atoms with E-state index < -0.39 is 0 Å². The lowest BCUT2D eigenvalue weighted by Gasteiger charge is -2.16. The van der Waals surface area contributed by atoms with Crippen LogP contribution < -0.4 is 5.32 Å². The average molecular weight is 315 g/mol. The maximum atomic E-state index is 12.4. The number of likely N-dealkylation sites (tertiary alicyclic amines) is 1. The third kappa shape index (κ3) is 2.93. The van der Waals surface area contributed by atoms with Crippen molar-refractivity contribution >= 4 is 23.5 Å². The highest BCUT2D eigenvalue weighted by molar-refractivity contribution is 6.21. The molecule has 0 saturated carbocycles. The zero-order valence-electron chi connectivity index (χ0n) is 13.5. The number of carbonyl (C=O) groups is 3. The summed E-state index contributed by atoms with van der Waals surface area (Å²) in [5.41, 5.74) is 1.33. The summed E-state index contributed by atoms with van der Waals surface area (Å²) < 4.78 is 0. The van der Waals surface area contributed by atoms with E-state index in [9.17, 15) is 14.4 Å². The summed E-state index contributed by atoms with van der Waals surface area (Å²) in [6.07, 6.45) is 2.05. The number of rotatable bonds is 3. The lowest BCUT2D eigenvalue weighted by molar-refractivity contribution is 0.0636. The minimum atomic E-state index is -0.282. The minimum absolute atomic E-state index is 0.154. The zero-order chi connectivity index (χ0) is 16.6. The maximum Gasteiger partial charge on any atom is 0.321 e. The molecule has 6 heteroatoms. The molecule has 2 heterocycles. The number of fused-ring (bicyclic) bond motifs is 1. The fraction of sp³-hybridized carbons (Fsp3) is 0.471. The number of amides is 4. The van der Waals surface area contributed by atoms with Gasteiger partial charge in [0.25, 0.3) is 11.8 Å². The molecule has 122 valence electrons. The van der Waals surface area contributed by atoms with E-state index in [2.05, 4.69) is 5.32 Å². The first-order valence-corrected chi connectivity index (χ1v) is 8.03. The minimum Gasteiger partial charge on any atom is -0.325 e. The van der Waals surface area contributed by atoms with Crippen LogP contribution in [-0.4, -0.2) is 47.3 Å². The molecule has 0 atom stereocenters. The molecule has 1 N–H and O–H groups in total. The standard InChI is InChI=1S/C17H21N3O3/c1-11(2)10-20-15(21)13-6-5-12(9-14(13)16(20)22)18-17(23)19-7-3-4-8-19/h5-6,9,11H,3-4,7-8,10H2,1-2H3,(H,18,23). The van der Waals surface area contributed by atoms with E-state index in [0.717, 1.165) is 25.9 Å². The van der Waals surface area contributed by atoms with Crippen molar-refractivity contribution in [3.63, 3.8) is 0 Å². The van der Waals surface area contributed by atoms with Crippen LogP contribution in [0, 0.1) is 5.92 Å². The summed E-state index contributed by atoms with van der Waals surface area (Å²) in [6.45, 7) is 5.85. The molecule has 2 aliphatic rings. The van der Waals surface area contributed by atoms with Gasteiger partial charge in [-0.2, -0.15) is 0 Å². The van der Waals surface area contributed by atoms with Crippen molar-refractivity contribution in [3.8, 4) is 0 Å². The molecular weight excluding hydrogens is 294 g/mol. The van der Waals surface area contributed by atoms with Crippen molar-refractivity contribution in [2.45, 2.75) is 26.7 Å². The van der Waals surface area contributed by atoms with Crippen LogP contribution in [0.25, 0.3) is 0 Å². The van der Waals surface area contributed by atoms with E-state index >= 15 is 0 Å². The van der Waals surface area contributed by atoms with Crippen LogP contribution in [0.15, 0.2) is 18.2 Å². The van der Waals surface area contributed by atoms with E-state index in [1.54, 1.807) is 23.1 Å². The molecule has 0 aliphatic carbocycles. The van der Waals surface area contributed by atoms with Crippen LogP contribution in [0.2, 0.25) is 0 Å². The third-order valence-corrected chi connectivity index (χ3v) is 4.16. The second-order valence-electron chi connectivity index (χ2n) is 6.50. The number of imide groups is 1. The van der Waals surface area contributed by atoms with Gasteiger partial charge < -0.3 is 10.2 Å². The molecule has 3 rings (SSSR count). The Morgan fingerprint density at radius 2 is 1.78 bits per heavy atom. The summed E-state index contributed by atoms with van der Waals surface area (Å²) in [4.78, 5) is 39.9. The van der Waals surface area contributed by atoms with Crippen LogP contribution in [-0.2, 0) is 0 Å². The Labute approximate surface area is 135 Å². The number of hydrogen-bond acceptors (Lipinski definition) is 3.